The van der Waals surface area contributed by atoms with Crippen LogP contribution in [-0.4, -0.2) is 27.4 Å². The van der Waals surface area contributed by atoms with E-state index >= 15 is 0 Å². The van der Waals surface area contributed by atoms with Crippen LogP contribution in [0.15, 0.2) is 24.3 Å². The molecule has 2 atom stereocenters. The van der Waals surface area contributed by atoms with E-state index in [0.717, 1.165) is 0 Å². The quantitative estimate of drug-likeness (QED) is 0.765. The third kappa shape index (κ3) is 5.41. The van der Waals surface area contributed by atoms with Crippen LogP contribution in [0.3, 0.4) is 0 Å². The van der Waals surface area contributed by atoms with Gasteiger partial charge < -0.3 is 15.3 Å². The summed E-state index contributed by atoms with van der Waals surface area (Å²) >= 11 is 0. The summed E-state index contributed by atoms with van der Waals surface area (Å²) in [6.07, 6.45) is -0.490. The lowest BCUT2D eigenvalue weighted by molar-refractivity contribution is 0.0548. The number of benzene rings is 1. The molecule has 0 saturated carbocycles. The fraction of sp³-hybridized carbons (Fsp3) is 0.533. The molecule has 0 saturated heterocycles. The molecule has 1 rings (SSSR count). The summed E-state index contributed by atoms with van der Waals surface area (Å²) in [6.45, 7) is 6.10. The maximum atomic E-state index is 10.7. The van der Waals surface area contributed by atoms with Crippen molar-refractivity contribution >= 4 is 5.97 Å². The molecule has 0 aliphatic carbocycles. The minimum atomic E-state index is -0.992. The summed E-state index contributed by atoms with van der Waals surface area (Å²) in [5, 5.41) is 28.7. The van der Waals surface area contributed by atoms with Crippen molar-refractivity contribution in [1.82, 2.24) is 0 Å². The molecule has 19 heavy (non-hydrogen) atoms. The van der Waals surface area contributed by atoms with E-state index in [2.05, 4.69) is 0 Å². The van der Waals surface area contributed by atoms with Crippen LogP contribution in [-0.2, 0) is 0 Å². The van der Waals surface area contributed by atoms with Gasteiger partial charge in [-0.25, -0.2) is 4.79 Å². The van der Waals surface area contributed by atoms with Crippen molar-refractivity contribution < 1.29 is 20.1 Å². The van der Waals surface area contributed by atoms with Gasteiger partial charge in [-0.05, 0) is 29.5 Å². The highest BCUT2D eigenvalue weighted by atomic mass is 16.4. The van der Waals surface area contributed by atoms with Crippen LogP contribution in [0.1, 0.15) is 55.6 Å². The first-order valence-electron chi connectivity index (χ1n) is 6.38. The van der Waals surface area contributed by atoms with Gasteiger partial charge in [-0.3, -0.25) is 0 Å². The Morgan fingerprint density at radius 2 is 1.68 bits per heavy atom. The summed E-state index contributed by atoms with van der Waals surface area (Å²) in [6, 6.07) is 6.07. The lowest BCUT2D eigenvalue weighted by Crippen LogP contribution is -2.20. The fourth-order valence-electron chi connectivity index (χ4n) is 2.03. The fourth-order valence-corrected chi connectivity index (χ4v) is 2.03. The minimum Gasteiger partial charge on any atom is -0.478 e. The van der Waals surface area contributed by atoms with Gasteiger partial charge in [0.1, 0.15) is 0 Å². The van der Waals surface area contributed by atoms with Gasteiger partial charge in [0.2, 0.25) is 0 Å². The van der Waals surface area contributed by atoms with E-state index in [4.69, 9.17) is 5.11 Å². The zero-order valence-corrected chi connectivity index (χ0v) is 11.6. The van der Waals surface area contributed by atoms with Crippen LogP contribution in [0.25, 0.3) is 0 Å². The van der Waals surface area contributed by atoms with Crippen molar-refractivity contribution in [3.05, 3.63) is 35.4 Å². The second kappa shape index (κ2) is 6.17. The molecule has 1 aromatic rings. The topological polar surface area (TPSA) is 77.8 Å². The van der Waals surface area contributed by atoms with E-state index in [1.54, 1.807) is 12.1 Å². The van der Waals surface area contributed by atoms with Gasteiger partial charge in [-0.15, -0.1) is 0 Å². The molecule has 4 heteroatoms. The number of hydrogen-bond donors (Lipinski definition) is 3. The predicted octanol–water partition coefficient (Wildman–Crippen LogP) is 2.61. The highest BCUT2D eigenvalue weighted by molar-refractivity contribution is 5.87. The molecule has 0 aromatic heterocycles. The number of hydrogen-bond acceptors (Lipinski definition) is 3. The van der Waals surface area contributed by atoms with Gasteiger partial charge in [0, 0.05) is 6.42 Å². The van der Waals surface area contributed by atoms with E-state index in [9.17, 15) is 15.0 Å². The van der Waals surface area contributed by atoms with Crippen molar-refractivity contribution in [2.45, 2.75) is 45.8 Å². The smallest absolute Gasteiger partial charge is 0.335 e. The van der Waals surface area contributed by atoms with Crippen LogP contribution >= 0.6 is 0 Å². The van der Waals surface area contributed by atoms with Crippen molar-refractivity contribution in [3.8, 4) is 0 Å². The van der Waals surface area contributed by atoms with E-state index in [0.29, 0.717) is 12.0 Å². The Labute approximate surface area is 113 Å². The monoisotopic (exact) mass is 266 g/mol. The normalized spacial score (nSPS) is 15.0. The Hall–Kier alpha value is -1.39. The summed E-state index contributed by atoms with van der Waals surface area (Å²) in [4.78, 5) is 10.7. The number of carbonyl (C=O) groups is 1. The molecule has 0 radical (unpaired) electrons. The Bertz CT molecular complexity index is 417. The van der Waals surface area contributed by atoms with Gasteiger partial charge in [-0.1, -0.05) is 32.9 Å². The molecule has 1 aromatic carbocycles. The highest BCUT2D eigenvalue weighted by Gasteiger charge is 2.20. The molecule has 3 N–H and O–H groups in total. The summed E-state index contributed by atoms with van der Waals surface area (Å²) in [7, 11) is 0. The zero-order valence-electron chi connectivity index (χ0n) is 11.6. The largest absolute Gasteiger partial charge is 0.478 e. The summed E-state index contributed by atoms with van der Waals surface area (Å²) in [5.41, 5.74) is 0.816. The van der Waals surface area contributed by atoms with Crippen LogP contribution in [0.2, 0.25) is 0 Å². The third-order valence-electron chi connectivity index (χ3n) is 2.89. The molecular formula is C15H22O4. The first kappa shape index (κ1) is 15.7. The second-order valence-corrected chi connectivity index (χ2v) is 6.10. The Morgan fingerprint density at radius 3 is 2.11 bits per heavy atom. The number of aliphatic hydroxyl groups is 2. The van der Waals surface area contributed by atoms with Crippen LogP contribution in [0.4, 0.5) is 0 Å². The Morgan fingerprint density at radius 1 is 1.16 bits per heavy atom. The lowest BCUT2D eigenvalue weighted by atomic mass is 9.87. The van der Waals surface area contributed by atoms with Gasteiger partial charge in [0.25, 0.3) is 0 Å². The molecule has 0 spiro atoms. The maximum absolute atomic E-state index is 10.7. The van der Waals surface area contributed by atoms with Gasteiger partial charge in [0.05, 0.1) is 17.8 Å². The van der Waals surface area contributed by atoms with Crippen LogP contribution < -0.4 is 0 Å². The number of aromatic carboxylic acids is 1. The predicted molar refractivity (Wildman–Crippen MR) is 73.1 cm³/mol. The maximum Gasteiger partial charge on any atom is 0.335 e. The molecular weight excluding hydrogens is 244 g/mol. The summed E-state index contributed by atoms with van der Waals surface area (Å²) < 4.78 is 0. The van der Waals surface area contributed by atoms with Crippen molar-refractivity contribution in [3.63, 3.8) is 0 Å². The van der Waals surface area contributed by atoms with Crippen molar-refractivity contribution in [2.24, 2.45) is 5.41 Å². The molecule has 0 aliphatic rings. The first-order chi connectivity index (χ1) is 8.69. The molecule has 0 bridgehead atoms. The Kier molecular flexibility index (Phi) is 5.09. The van der Waals surface area contributed by atoms with Gasteiger partial charge in [-0.2, -0.15) is 0 Å². The van der Waals surface area contributed by atoms with E-state index in [-0.39, 0.29) is 17.4 Å². The average molecular weight is 266 g/mol. The third-order valence-corrected chi connectivity index (χ3v) is 2.89. The minimum absolute atomic E-state index is 0.00625. The number of carboxylic acid groups (broad SMARTS) is 1. The van der Waals surface area contributed by atoms with Crippen LogP contribution in [0.5, 0.6) is 0 Å². The first-order valence-corrected chi connectivity index (χ1v) is 6.38. The molecule has 0 fully saturated rings. The average Bonchev–Trinajstić information content (AvgIpc) is 2.26. The second-order valence-electron chi connectivity index (χ2n) is 6.10. The molecule has 2 unspecified atom stereocenters. The van der Waals surface area contributed by atoms with E-state index < -0.39 is 18.2 Å². The highest BCUT2D eigenvalue weighted by Crippen LogP contribution is 2.26. The summed E-state index contributed by atoms with van der Waals surface area (Å²) in [5.74, 6) is -0.992. The Balaban J connectivity index is 2.62. The SMILES string of the molecule is CC(C)(C)CC(O)CC(O)c1ccc(C(=O)O)cc1. The molecule has 0 heterocycles. The molecule has 0 aliphatic heterocycles. The number of aliphatic hydroxyl groups excluding tert-OH is 2. The number of carboxylic acids is 1. The van der Waals surface area contributed by atoms with Crippen LogP contribution in [0, 0.1) is 5.41 Å². The van der Waals surface area contributed by atoms with Gasteiger partial charge in [0.15, 0.2) is 0 Å². The molecule has 4 nitrogen and oxygen atoms in total. The van der Waals surface area contributed by atoms with E-state index in [1.807, 2.05) is 20.8 Å². The molecule has 106 valence electrons. The van der Waals surface area contributed by atoms with Gasteiger partial charge >= 0.3 is 5.97 Å². The van der Waals surface area contributed by atoms with Crippen molar-refractivity contribution in [1.29, 1.82) is 0 Å². The molecule has 0 amide bonds. The number of rotatable bonds is 5. The lowest BCUT2D eigenvalue weighted by Gasteiger charge is -2.24. The van der Waals surface area contributed by atoms with Crippen molar-refractivity contribution in [2.75, 3.05) is 0 Å². The zero-order chi connectivity index (χ0) is 14.6. The van der Waals surface area contributed by atoms with E-state index in [1.165, 1.54) is 12.1 Å². The standard InChI is InChI=1S/C15H22O4/c1-15(2,3)9-12(16)8-13(17)10-4-6-11(7-5-10)14(18)19/h4-7,12-13,16-17H,8-9H2,1-3H3,(H,18,19).